The third-order valence-electron chi connectivity index (χ3n) is 5.29. The Morgan fingerprint density at radius 1 is 1.40 bits per heavy atom. The van der Waals surface area contributed by atoms with Crippen molar-refractivity contribution < 1.29 is 4.74 Å². The van der Waals surface area contributed by atoms with Crippen LogP contribution in [0.3, 0.4) is 0 Å². The Hall–Kier alpha value is -0.120. The van der Waals surface area contributed by atoms with E-state index in [4.69, 9.17) is 4.74 Å². The van der Waals surface area contributed by atoms with Crippen LogP contribution in [-0.4, -0.2) is 50.8 Å². The summed E-state index contributed by atoms with van der Waals surface area (Å²) in [7, 11) is 3.93. The van der Waals surface area contributed by atoms with E-state index in [1.165, 1.54) is 32.2 Å². The molecule has 120 valence electrons. The van der Waals surface area contributed by atoms with Crippen molar-refractivity contribution in [1.82, 2.24) is 10.2 Å². The number of hydrogen-bond donors (Lipinski definition) is 1. The second-order valence-corrected chi connectivity index (χ2v) is 7.15. The van der Waals surface area contributed by atoms with Gasteiger partial charge in [-0.2, -0.15) is 0 Å². The summed E-state index contributed by atoms with van der Waals surface area (Å²) in [5.41, 5.74) is 0.417. The highest BCUT2D eigenvalue weighted by molar-refractivity contribution is 4.94. The van der Waals surface area contributed by atoms with Gasteiger partial charge in [-0.3, -0.25) is 4.90 Å². The molecule has 0 aromatic rings. The van der Waals surface area contributed by atoms with Gasteiger partial charge >= 0.3 is 0 Å². The maximum Gasteiger partial charge on any atom is 0.0589 e. The topological polar surface area (TPSA) is 24.5 Å². The summed E-state index contributed by atoms with van der Waals surface area (Å²) in [5.74, 6) is 0.759. The minimum Gasteiger partial charge on any atom is -0.383 e. The number of ether oxygens (including phenoxy) is 1. The molecule has 0 spiro atoms. The third-order valence-corrected chi connectivity index (χ3v) is 5.29. The Balaban J connectivity index is 2.69. The van der Waals surface area contributed by atoms with E-state index in [0.717, 1.165) is 19.1 Å². The molecule has 3 atom stereocenters. The van der Waals surface area contributed by atoms with Crippen molar-refractivity contribution in [3.63, 3.8) is 0 Å². The van der Waals surface area contributed by atoms with Gasteiger partial charge in [-0.15, -0.1) is 0 Å². The van der Waals surface area contributed by atoms with Gasteiger partial charge in [0, 0.05) is 32.3 Å². The standard InChI is InChI=1S/C17H36N2O/c1-7-14(2)19(11-12-20-6)13-15-9-8-10-17(3,4)16(15)18-5/h14-16,18H,7-13H2,1-6H3. The largest absolute Gasteiger partial charge is 0.383 e. The van der Waals surface area contributed by atoms with E-state index >= 15 is 0 Å². The number of methoxy groups -OCH3 is 1. The van der Waals surface area contributed by atoms with Crippen molar-refractivity contribution >= 4 is 0 Å². The molecule has 1 saturated carbocycles. The fourth-order valence-corrected chi connectivity index (χ4v) is 3.86. The van der Waals surface area contributed by atoms with Crippen molar-refractivity contribution in [2.75, 3.05) is 33.9 Å². The molecule has 0 bridgehead atoms. The first kappa shape index (κ1) is 17.9. The molecule has 1 rings (SSSR count). The molecular formula is C17H36N2O. The first-order chi connectivity index (χ1) is 9.46. The monoisotopic (exact) mass is 284 g/mol. The molecule has 0 aliphatic heterocycles. The fourth-order valence-electron chi connectivity index (χ4n) is 3.86. The average Bonchev–Trinajstić information content (AvgIpc) is 2.41. The Morgan fingerprint density at radius 3 is 2.65 bits per heavy atom. The van der Waals surface area contributed by atoms with Crippen molar-refractivity contribution in [1.29, 1.82) is 0 Å². The minimum absolute atomic E-state index is 0.417. The molecule has 3 heteroatoms. The molecule has 0 radical (unpaired) electrons. The van der Waals surface area contributed by atoms with Crippen LogP contribution in [-0.2, 0) is 4.74 Å². The molecule has 1 N–H and O–H groups in total. The van der Waals surface area contributed by atoms with Crippen LogP contribution in [0.25, 0.3) is 0 Å². The van der Waals surface area contributed by atoms with Gasteiger partial charge < -0.3 is 10.1 Å². The zero-order chi connectivity index (χ0) is 15.2. The first-order valence-corrected chi connectivity index (χ1v) is 8.36. The Labute approximate surface area is 126 Å². The molecule has 0 saturated heterocycles. The summed E-state index contributed by atoms with van der Waals surface area (Å²) in [6.45, 7) is 12.6. The van der Waals surface area contributed by atoms with E-state index < -0.39 is 0 Å². The van der Waals surface area contributed by atoms with Crippen LogP contribution in [0.2, 0.25) is 0 Å². The normalized spacial score (nSPS) is 27.8. The summed E-state index contributed by atoms with van der Waals surface area (Å²) >= 11 is 0. The molecular weight excluding hydrogens is 248 g/mol. The Kier molecular flexibility index (Phi) is 7.49. The lowest BCUT2D eigenvalue weighted by molar-refractivity contribution is 0.0561. The van der Waals surface area contributed by atoms with Gasteiger partial charge in [0.15, 0.2) is 0 Å². The molecule has 0 heterocycles. The van der Waals surface area contributed by atoms with E-state index in [1.54, 1.807) is 7.11 Å². The SMILES string of the molecule is CCC(C)N(CCOC)CC1CCCC(C)(C)C1NC. The molecule has 0 amide bonds. The smallest absolute Gasteiger partial charge is 0.0589 e. The third kappa shape index (κ3) is 4.71. The highest BCUT2D eigenvalue weighted by Crippen LogP contribution is 2.39. The zero-order valence-electron chi connectivity index (χ0n) is 14.5. The van der Waals surface area contributed by atoms with Crippen LogP contribution < -0.4 is 5.32 Å². The second-order valence-electron chi connectivity index (χ2n) is 7.15. The van der Waals surface area contributed by atoms with Crippen LogP contribution in [0.15, 0.2) is 0 Å². The maximum atomic E-state index is 5.29. The van der Waals surface area contributed by atoms with Gasteiger partial charge in [0.2, 0.25) is 0 Å². The van der Waals surface area contributed by atoms with Crippen LogP contribution >= 0.6 is 0 Å². The van der Waals surface area contributed by atoms with Crippen molar-refractivity contribution in [3.8, 4) is 0 Å². The van der Waals surface area contributed by atoms with E-state index in [2.05, 4.69) is 45.0 Å². The van der Waals surface area contributed by atoms with Crippen LogP contribution in [0.1, 0.15) is 53.4 Å². The molecule has 3 nitrogen and oxygen atoms in total. The fraction of sp³-hybridized carbons (Fsp3) is 1.00. The number of nitrogens with zero attached hydrogens (tertiary/aromatic N) is 1. The van der Waals surface area contributed by atoms with Crippen molar-refractivity contribution in [2.45, 2.75) is 65.5 Å². The Bertz CT molecular complexity index is 268. The van der Waals surface area contributed by atoms with Crippen molar-refractivity contribution in [2.24, 2.45) is 11.3 Å². The predicted molar refractivity (Wildman–Crippen MR) is 87.2 cm³/mol. The molecule has 1 aliphatic carbocycles. The van der Waals surface area contributed by atoms with E-state index in [1.807, 2.05) is 0 Å². The highest BCUT2D eigenvalue weighted by Gasteiger charge is 2.38. The molecule has 1 fully saturated rings. The summed E-state index contributed by atoms with van der Waals surface area (Å²) in [4.78, 5) is 2.62. The molecule has 20 heavy (non-hydrogen) atoms. The summed E-state index contributed by atoms with van der Waals surface area (Å²) in [6, 6.07) is 1.28. The van der Waals surface area contributed by atoms with Gasteiger partial charge in [0.25, 0.3) is 0 Å². The lowest BCUT2D eigenvalue weighted by Crippen LogP contribution is -2.53. The van der Waals surface area contributed by atoms with E-state index in [-0.39, 0.29) is 0 Å². The summed E-state index contributed by atoms with van der Waals surface area (Å²) in [5, 5.41) is 3.60. The number of nitrogens with one attached hydrogen (secondary N) is 1. The van der Waals surface area contributed by atoms with Gasteiger partial charge in [0.05, 0.1) is 6.61 Å². The first-order valence-electron chi connectivity index (χ1n) is 8.36. The summed E-state index contributed by atoms with van der Waals surface area (Å²) < 4.78 is 5.29. The number of rotatable bonds is 8. The number of hydrogen-bond acceptors (Lipinski definition) is 3. The van der Waals surface area contributed by atoms with Gasteiger partial charge in [0.1, 0.15) is 0 Å². The maximum absolute atomic E-state index is 5.29. The lowest BCUT2D eigenvalue weighted by atomic mass is 9.67. The van der Waals surface area contributed by atoms with Gasteiger partial charge in [-0.25, -0.2) is 0 Å². The average molecular weight is 284 g/mol. The Morgan fingerprint density at radius 2 is 2.10 bits per heavy atom. The zero-order valence-corrected chi connectivity index (χ0v) is 14.5. The van der Waals surface area contributed by atoms with Gasteiger partial charge in [-0.1, -0.05) is 27.2 Å². The lowest BCUT2D eigenvalue weighted by Gasteiger charge is -2.46. The molecule has 0 aromatic heterocycles. The van der Waals surface area contributed by atoms with Crippen LogP contribution in [0, 0.1) is 11.3 Å². The minimum atomic E-state index is 0.417. The molecule has 1 aliphatic rings. The molecule has 0 aromatic carbocycles. The highest BCUT2D eigenvalue weighted by atomic mass is 16.5. The summed E-state index contributed by atoms with van der Waals surface area (Å²) in [6.07, 6.45) is 5.28. The van der Waals surface area contributed by atoms with Crippen molar-refractivity contribution in [3.05, 3.63) is 0 Å². The molecule has 3 unspecified atom stereocenters. The quantitative estimate of drug-likeness (QED) is 0.741. The van der Waals surface area contributed by atoms with Gasteiger partial charge in [-0.05, 0) is 44.6 Å². The van der Waals surface area contributed by atoms with E-state index in [0.29, 0.717) is 17.5 Å². The van der Waals surface area contributed by atoms with E-state index in [9.17, 15) is 0 Å². The van der Waals surface area contributed by atoms with Crippen LogP contribution in [0.4, 0.5) is 0 Å². The second kappa shape index (κ2) is 8.35. The van der Waals surface area contributed by atoms with Crippen LogP contribution in [0.5, 0.6) is 0 Å². The predicted octanol–water partition coefficient (Wildman–Crippen LogP) is 3.15.